The van der Waals surface area contributed by atoms with Crippen LogP contribution < -0.4 is 5.32 Å². The van der Waals surface area contributed by atoms with Gasteiger partial charge in [0.2, 0.25) is 0 Å². The number of nitrogens with one attached hydrogen (secondary N) is 1. The van der Waals surface area contributed by atoms with E-state index in [1.807, 2.05) is 24.3 Å². The van der Waals surface area contributed by atoms with Gasteiger partial charge in [-0.2, -0.15) is 0 Å². The Morgan fingerprint density at radius 3 is 2.89 bits per heavy atom. The van der Waals surface area contributed by atoms with Crippen molar-refractivity contribution in [3.63, 3.8) is 0 Å². The second kappa shape index (κ2) is 4.88. The summed E-state index contributed by atoms with van der Waals surface area (Å²) in [4.78, 5) is 15.7. The van der Waals surface area contributed by atoms with Crippen molar-refractivity contribution in [2.75, 3.05) is 11.9 Å². The Labute approximate surface area is 111 Å². The van der Waals surface area contributed by atoms with Crippen molar-refractivity contribution in [3.05, 3.63) is 35.9 Å². The molecule has 1 aromatic carbocycles. The molecule has 0 aliphatic heterocycles. The lowest BCUT2D eigenvalue weighted by Crippen LogP contribution is -2.10. The second-order valence-corrected chi connectivity index (χ2v) is 5.04. The lowest BCUT2D eigenvalue weighted by molar-refractivity contribution is 0.0698. The molecule has 0 radical (unpaired) electrons. The van der Waals surface area contributed by atoms with E-state index in [9.17, 15) is 9.90 Å². The van der Waals surface area contributed by atoms with Crippen LogP contribution in [-0.4, -0.2) is 22.6 Å². The fraction of sp³-hybridized carbons (Fsp3) is 0.333. The molecular formula is C15H16N2O2. The molecule has 0 saturated heterocycles. The number of para-hydroxylation sites is 1. The van der Waals surface area contributed by atoms with E-state index >= 15 is 0 Å². The topological polar surface area (TPSA) is 62.2 Å². The number of aromatic nitrogens is 1. The minimum absolute atomic E-state index is 0.245. The van der Waals surface area contributed by atoms with Crippen LogP contribution in [0.2, 0.25) is 0 Å². The third-order valence-electron chi connectivity index (χ3n) is 3.50. The van der Waals surface area contributed by atoms with Crippen molar-refractivity contribution in [1.82, 2.24) is 4.98 Å². The summed E-state index contributed by atoms with van der Waals surface area (Å²) in [7, 11) is 0. The first-order valence-electron chi connectivity index (χ1n) is 6.61. The predicted molar refractivity (Wildman–Crippen MR) is 74.5 cm³/mol. The summed E-state index contributed by atoms with van der Waals surface area (Å²) in [6, 6.07) is 9.25. The van der Waals surface area contributed by atoms with Crippen LogP contribution >= 0.6 is 0 Å². The van der Waals surface area contributed by atoms with Gasteiger partial charge in [-0.15, -0.1) is 0 Å². The molecule has 1 aliphatic carbocycles. The van der Waals surface area contributed by atoms with Crippen molar-refractivity contribution in [1.29, 1.82) is 0 Å². The summed E-state index contributed by atoms with van der Waals surface area (Å²) in [5, 5.41) is 13.3. The largest absolute Gasteiger partial charge is 0.478 e. The van der Waals surface area contributed by atoms with Crippen LogP contribution in [0, 0.1) is 5.92 Å². The number of aromatic carboxylic acids is 1. The Balaban J connectivity index is 1.89. The minimum Gasteiger partial charge on any atom is -0.478 e. The highest BCUT2D eigenvalue weighted by Crippen LogP contribution is 2.32. The maximum Gasteiger partial charge on any atom is 0.339 e. The summed E-state index contributed by atoms with van der Waals surface area (Å²) < 4.78 is 0. The molecule has 1 aliphatic rings. The van der Waals surface area contributed by atoms with E-state index in [0.717, 1.165) is 29.8 Å². The molecule has 2 aromatic rings. The predicted octanol–water partition coefficient (Wildman–Crippen LogP) is 3.15. The molecule has 19 heavy (non-hydrogen) atoms. The molecular weight excluding hydrogens is 240 g/mol. The molecule has 0 bridgehead atoms. The molecule has 0 spiro atoms. The van der Waals surface area contributed by atoms with Crippen molar-refractivity contribution in [2.45, 2.75) is 19.3 Å². The van der Waals surface area contributed by atoms with Gasteiger partial charge in [0.25, 0.3) is 0 Å². The van der Waals surface area contributed by atoms with E-state index in [0.29, 0.717) is 5.82 Å². The van der Waals surface area contributed by atoms with E-state index in [4.69, 9.17) is 0 Å². The van der Waals surface area contributed by atoms with Gasteiger partial charge in [-0.3, -0.25) is 0 Å². The number of carbonyl (C=O) groups is 1. The molecule has 1 fully saturated rings. The SMILES string of the molecule is O=C(O)c1cc2ccccc2nc1NCCC1CC1. The van der Waals surface area contributed by atoms with Crippen LogP contribution in [-0.2, 0) is 0 Å². The first kappa shape index (κ1) is 12.0. The van der Waals surface area contributed by atoms with Crippen molar-refractivity contribution in [2.24, 2.45) is 5.92 Å². The molecule has 98 valence electrons. The molecule has 1 heterocycles. The zero-order chi connectivity index (χ0) is 13.2. The molecule has 4 nitrogen and oxygen atoms in total. The number of nitrogens with zero attached hydrogens (tertiary/aromatic N) is 1. The highest BCUT2D eigenvalue weighted by molar-refractivity contribution is 5.98. The third kappa shape index (κ3) is 2.67. The lowest BCUT2D eigenvalue weighted by Gasteiger charge is -2.09. The Morgan fingerprint density at radius 2 is 2.16 bits per heavy atom. The Hall–Kier alpha value is -2.10. The fourth-order valence-corrected chi connectivity index (χ4v) is 2.21. The normalized spacial score (nSPS) is 14.5. The number of rotatable bonds is 5. The van der Waals surface area contributed by atoms with E-state index in [2.05, 4.69) is 10.3 Å². The highest BCUT2D eigenvalue weighted by atomic mass is 16.4. The van der Waals surface area contributed by atoms with Gasteiger partial charge in [0, 0.05) is 11.9 Å². The van der Waals surface area contributed by atoms with Gasteiger partial charge in [0.15, 0.2) is 0 Å². The van der Waals surface area contributed by atoms with Crippen molar-refractivity contribution < 1.29 is 9.90 Å². The summed E-state index contributed by atoms with van der Waals surface area (Å²) >= 11 is 0. The van der Waals surface area contributed by atoms with E-state index in [1.54, 1.807) is 6.07 Å². The summed E-state index contributed by atoms with van der Waals surface area (Å²) in [5.41, 5.74) is 1.07. The van der Waals surface area contributed by atoms with Gasteiger partial charge in [0.1, 0.15) is 11.4 Å². The standard InChI is InChI=1S/C15H16N2O2/c18-15(19)12-9-11-3-1-2-4-13(11)17-14(12)16-8-7-10-5-6-10/h1-4,9-10H,5-8H2,(H,16,17)(H,18,19). The number of hydrogen-bond donors (Lipinski definition) is 2. The maximum absolute atomic E-state index is 11.3. The monoisotopic (exact) mass is 256 g/mol. The van der Waals surface area contributed by atoms with Gasteiger partial charge in [-0.1, -0.05) is 31.0 Å². The average Bonchev–Trinajstić information content (AvgIpc) is 3.22. The molecule has 4 heteroatoms. The van der Waals surface area contributed by atoms with Crippen molar-refractivity contribution >= 4 is 22.7 Å². The number of carboxylic acids is 1. The second-order valence-electron chi connectivity index (χ2n) is 5.04. The third-order valence-corrected chi connectivity index (χ3v) is 3.50. The number of benzene rings is 1. The minimum atomic E-state index is -0.938. The molecule has 3 rings (SSSR count). The van der Waals surface area contributed by atoms with Gasteiger partial charge in [-0.25, -0.2) is 9.78 Å². The highest BCUT2D eigenvalue weighted by Gasteiger charge is 2.21. The smallest absolute Gasteiger partial charge is 0.339 e. The van der Waals surface area contributed by atoms with Crippen LogP contribution in [0.1, 0.15) is 29.6 Å². The number of pyridine rings is 1. The quantitative estimate of drug-likeness (QED) is 0.862. The van der Waals surface area contributed by atoms with Crippen molar-refractivity contribution in [3.8, 4) is 0 Å². The number of hydrogen-bond acceptors (Lipinski definition) is 3. The Morgan fingerprint density at radius 1 is 1.37 bits per heavy atom. The summed E-state index contributed by atoms with van der Waals surface area (Å²) in [5.74, 6) is 0.361. The number of carboxylic acid groups (broad SMARTS) is 1. The Kier molecular flexibility index (Phi) is 3.07. The number of fused-ring (bicyclic) bond motifs is 1. The van der Waals surface area contributed by atoms with Crippen LogP contribution in [0.15, 0.2) is 30.3 Å². The summed E-state index contributed by atoms with van der Waals surface area (Å²) in [6.07, 6.45) is 3.70. The van der Waals surface area contributed by atoms with Crippen LogP contribution in [0.3, 0.4) is 0 Å². The zero-order valence-electron chi connectivity index (χ0n) is 10.6. The van der Waals surface area contributed by atoms with Gasteiger partial charge < -0.3 is 10.4 Å². The van der Waals surface area contributed by atoms with Gasteiger partial charge in [-0.05, 0) is 24.5 Å². The van der Waals surface area contributed by atoms with E-state index in [-0.39, 0.29) is 5.56 Å². The zero-order valence-corrected chi connectivity index (χ0v) is 10.6. The first-order valence-corrected chi connectivity index (χ1v) is 6.61. The van der Waals surface area contributed by atoms with Crippen LogP contribution in [0.5, 0.6) is 0 Å². The summed E-state index contributed by atoms with van der Waals surface area (Å²) in [6.45, 7) is 0.788. The molecule has 0 amide bonds. The molecule has 2 N–H and O–H groups in total. The van der Waals surface area contributed by atoms with Gasteiger partial charge >= 0.3 is 5.97 Å². The molecule has 1 saturated carbocycles. The van der Waals surface area contributed by atoms with E-state index < -0.39 is 5.97 Å². The Bertz CT molecular complexity index is 621. The van der Waals surface area contributed by atoms with E-state index in [1.165, 1.54) is 12.8 Å². The maximum atomic E-state index is 11.3. The average molecular weight is 256 g/mol. The van der Waals surface area contributed by atoms with Gasteiger partial charge in [0.05, 0.1) is 5.52 Å². The lowest BCUT2D eigenvalue weighted by atomic mass is 10.1. The molecule has 1 aromatic heterocycles. The molecule has 0 unspecified atom stereocenters. The fourth-order valence-electron chi connectivity index (χ4n) is 2.21. The number of anilines is 1. The van der Waals surface area contributed by atoms with Crippen LogP contribution in [0.4, 0.5) is 5.82 Å². The first-order chi connectivity index (χ1) is 9.24. The van der Waals surface area contributed by atoms with Crippen LogP contribution in [0.25, 0.3) is 10.9 Å². The molecule has 0 atom stereocenters.